The predicted octanol–water partition coefficient (Wildman–Crippen LogP) is 2.48. The molecule has 3 heteroatoms. The summed E-state index contributed by atoms with van der Waals surface area (Å²) < 4.78 is 0. The minimum atomic E-state index is -0.238. The molecule has 1 aliphatic rings. The third kappa shape index (κ3) is 3.57. The van der Waals surface area contributed by atoms with Crippen molar-refractivity contribution in [2.45, 2.75) is 38.2 Å². The topological polar surface area (TPSA) is 40.5 Å². The van der Waals surface area contributed by atoms with E-state index in [0.717, 1.165) is 18.4 Å². The molecule has 3 nitrogen and oxygen atoms in total. The first-order valence-corrected chi connectivity index (χ1v) is 7.06. The summed E-state index contributed by atoms with van der Waals surface area (Å²) in [5.41, 5.74) is 1.80. The van der Waals surface area contributed by atoms with Crippen LogP contribution < -0.4 is 0 Å². The van der Waals surface area contributed by atoms with Crippen LogP contribution in [0.4, 0.5) is 0 Å². The Labute approximate surface area is 115 Å². The molecule has 0 saturated heterocycles. The van der Waals surface area contributed by atoms with Crippen molar-refractivity contribution >= 4 is 5.91 Å². The zero-order valence-electron chi connectivity index (χ0n) is 11.8. The lowest BCUT2D eigenvalue weighted by atomic mass is 9.94. The average Bonchev–Trinajstić information content (AvgIpc) is 2.92. The summed E-state index contributed by atoms with van der Waals surface area (Å²) in [5, 5.41) is 10.2. The largest absolute Gasteiger partial charge is 0.392 e. The van der Waals surface area contributed by atoms with Gasteiger partial charge in [0.25, 0.3) is 5.91 Å². The fraction of sp³-hybridized carbons (Fsp3) is 0.562. The monoisotopic (exact) mass is 261 g/mol. The molecular formula is C16H23NO2. The zero-order valence-corrected chi connectivity index (χ0v) is 11.8. The molecule has 1 N–H and O–H groups in total. The van der Waals surface area contributed by atoms with Gasteiger partial charge < -0.3 is 10.0 Å². The molecule has 1 aliphatic carbocycles. The van der Waals surface area contributed by atoms with Crippen molar-refractivity contribution in [2.75, 3.05) is 14.1 Å². The molecule has 0 bridgehead atoms. The number of hydrogen-bond acceptors (Lipinski definition) is 2. The van der Waals surface area contributed by atoms with Gasteiger partial charge in [-0.25, -0.2) is 0 Å². The molecule has 0 aliphatic heterocycles. The van der Waals surface area contributed by atoms with E-state index in [1.165, 1.54) is 12.8 Å². The van der Waals surface area contributed by atoms with Crippen molar-refractivity contribution in [3.8, 4) is 0 Å². The number of hydrogen-bond donors (Lipinski definition) is 1. The van der Waals surface area contributed by atoms with Crippen LogP contribution in [0.5, 0.6) is 0 Å². The van der Waals surface area contributed by atoms with Crippen LogP contribution in [0.15, 0.2) is 24.3 Å². The van der Waals surface area contributed by atoms with Crippen LogP contribution in [0, 0.1) is 5.92 Å². The van der Waals surface area contributed by atoms with E-state index in [-0.39, 0.29) is 12.0 Å². The standard InChI is InChI=1S/C16H23NO2/c1-17(2)16(19)14-9-7-12(8-10-14)11-15(18)13-5-3-4-6-13/h7-10,13,15,18H,3-6,11H2,1-2H3/t15-/m1/s1. The van der Waals surface area contributed by atoms with Crippen LogP contribution in [0.3, 0.4) is 0 Å². The van der Waals surface area contributed by atoms with Crippen LogP contribution >= 0.6 is 0 Å². The molecule has 19 heavy (non-hydrogen) atoms. The molecule has 1 aromatic carbocycles. The number of carbonyl (C=O) groups is 1. The summed E-state index contributed by atoms with van der Waals surface area (Å²) in [6.45, 7) is 0. The highest BCUT2D eigenvalue weighted by atomic mass is 16.3. The zero-order chi connectivity index (χ0) is 13.8. The van der Waals surface area contributed by atoms with Crippen LogP contribution in [-0.4, -0.2) is 36.1 Å². The second-order valence-electron chi connectivity index (χ2n) is 5.71. The fourth-order valence-corrected chi connectivity index (χ4v) is 2.79. The van der Waals surface area contributed by atoms with Gasteiger partial charge in [-0.2, -0.15) is 0 Å². The normalized spacial score (nSPS) is 17.4. The number of aliphatic hydroxyl groups is 1. The Balaban J connectivity index is 1.96. The maximum absolute atomic E-state index is 11.8. The van der Waals surface area contributed by atoms with Gasteiger partial charge in [0.05, 0.1) is 6.10 Å². The van der Waals surface area contributed by atoms with E-state index in [4.69, 9.17) is 0 Å². The molecule has 104 valence electrons. The Kier molecular flexibility index (Phi) is 4.59. The van der Waals surface area contributed by atoms with Crippen LogP contribution in [0.25, 0.3) is 0 Å². The highest BCUT2D eigenvalue weighted by Crippen LogP contribution is 2.29. The van der Waals surface area contributed by atoms with Crippen molar-refractivity contribution in [1.29, 1.82) is 0 Å². The molecule has 0 spiro atoms. The summed E-state index contributed by atoms with van der Waals surface area (Å²) in [6.07, 6.45) is 5.26. The Morgan fingerprint density at radius 2 is 1.84 bits per heavy atom. The lowest BCUT2D eigenvalue weighted by Gasteiger charge is -2.18. The molecule has 0 heterocycles. The lowest BCUT2D eigenvalue weighted by Crippen LogP contribution is -2.22. The Morgan fingerprint density at radius 3 is 2.37 bits per heavy atom. The Hall–Kier alpha value is -1.35. The summed E-state index contributed by atoms with van der Waals surface area (Å²) in [4.78, 5) is 13.3. The van der Waals surface area contributed by atoms with E-state index in [2.05, 4.69) is 0 Å². The Morgan fingerprint density at radius 1 is 1.26 bits per heavy atom. The van der Waals surface area contributed by atoms with Crippen molar-refractivity contribution in [3.63, 3.8) is 0 Å². The number of aliphatic hydroxyl groups excluding tert-OH is 1. The van der Waals surface area contributed by atoms with Crippen LogP contribution in [-0.2, 0) is 6.42 Å². The van der Waals surface area contributed by atoms with E-state index in [9.17, 15) is 9.90 Å². The van der Waals surface area contributed by atoms with E-state index in [1.807, 2.05) is 24.3 Å². The minimum Gasteiger partial charge on any atom is -0.392 e. The minimum absolute atomic E-state index is 0.0166. The first-order chi connectivity index (χ1) is 9.08. The van der Waals surface area contributed by atoms with Crippen molar-refractivity contribution in [1.82, 2.24) is 4.90 Å². The molecule has 1 atom stereocenters. The van der Waals surface area contributed by atoms with Crippen LogP contribution in [0.2, 0.25) is 0 Å². The SMILES string of the molecule is CN(C)C(=O)c1ccc(C[C@@H](O)C2CCCC2)cc1. The third-order valence-corrected chi connectivity index (χ3v) is 4.00. The van der Waals surface area contributed by atoms with E-state index < -0.39 is 0 Å². The predicted molar refractivity (Wildman–Crippen MR) is 76.1 cm³/mol. The van der Waals surface area contributed by atoms with Crippen molar-refractivity contribution in [2.24, 2.45) is 5.92 Å². The molecule has 0 unspecified atom stereocenters. The van der Waals surface area contributed by atoms with Gasteiger partial charge in [-0.05, 0) is 42.9 Å². The molecule has 1 amide bonds. The smallest absolute Gasteiger partial charge is 0.253 e. The molecule has 0 radical (unpaired) electrons. The fourth-order valence-electron chi connectivity index (χ4n) is 2.79. The molecular weight excluding hydrogens is 238 g/mol. The third-order valence-electron chi connectivity index (χ3n) is 4.00. The van der Waals surface area contributed by atoms with Crippen molar-refractivity contribution < 1.29 is 9.90 Å². The number of carbonyl (C=O) groups excluding carboxylic acids is 1. The van der Waals surface area contributed by atoms with Gasteiger partial charge in [-0.1, -0.05) is 25.0 Å². The van der Waals surface area contributed by atoms with Crippen LogP contribution in [0.1, 0.15) is 41.6 Å². The molecule has 1 saturated carbocycles. The summed E-state index contributed by atoms with van der Waals surface area (Å²) in [6, 6.07) is 7.60. The summed E-state index contributed by atoms with van der Waals surface area (Å²) in [7, 11) is 3.50. The van der Waals surface area contributed by atoms with Gasteiger partial charge in [-0.3, -0.25) is 4.79 Å². The van der Waals surface area contributed by atoms with Gasteiger partial charge >= 0.3 is 0 Å². The molecule has 1 aromatic rings. The first kappa shape index (κ1) is 14.1. The number of rotatable bonds is 4. The quantitative estimate of drug-likeness (QED) is 0.904. The maximum atomic E-state index is 11.8. The number of amides is 1. The summed E-state index contributed by atoms with van der Waals surface area (Å²) >= 11 is 0. The second-order valence-corrected chi connectivity index (χ2v) is 5.71. The molecule has 0 aromatic heterocycles. The first-order valence-electron chi connectivity index (χ1n) is 7.06. The summed E-state index contributed by atoms with van der Waals surface area (Å²) in [5.74, 6) is 0.478. The van der Waals surface area contributed by atoms with E-state index >= 15 is 0 Å². The highest BCUT2D eigenvalue weighted by molar-refractivity contribution is 5.93. The second kappa shape index (κ2) is 6.20. The number of benzene rings is 1. The average molecular weight is 261 g/mol. The Bertz CT molecular complexity index is 419. The van der Waals surface area contributed by atoms with Gasteiger partial charge in [0.1, 0.15) is 0 Å². The number of nitrogens with zero attached hydrogens (tertiary/aromatic N) is 1. The maximum Gasteiger partial charge on any atom is 0.253 e. The van der Waals surface area contributed by atoms with E-state index in [1.54, 1.807) is 19.0 Å². The molecule has 1 fully saturated rings. The highest BCUT2D eigenvalue weighted by Gasteiger charge is 2.23. The van der Waals surface area contributed by atoms with Gasteiger partial charge in [0.2, 0.25) is 0 Å². The van der Waals surface area contributed by atoms with Gasteiger partial charge in [0, 0.05) is 19.7 Å². The molecule has 2 rings (SSSR count). The lowest BCUT2D eigenvalue weighted by molar-refractivity contribution is 0.0827. The van der Waals surface area contributed by atoms with Gasteiger partial charge in [-0.15, -0.1) is 0 Å². The van der Waals surface area contributed by atoms with Gasteiger partial charge in [0.15, 0.2) is 0 Å². The van der Waals surface area contributed by atoms with E-state index in [0.29, 0.717) is 17.9 Å². The van der Waals surface area contributed by atoms with Crippen molar-refractivity contribution in [3.05, 3.63) is 35.4 Å².